The minimum absolute atomic E-state index is 0.0699. The van der Waals surface area contributed by atoms with E-state index in [1.54, 1.807) is 36.4 Å². The number of carbonyl (C=O) groups is 1. The highest BCUT2D eigenvalue weighted by molar-refractivity contribution is 6.35. The van der Waals surface area contributed by atoms with Gasteiger partial charge in [-0.2, -0.15) is 0 Å². The number of nitrogens with zero attached hydrogens (tertiary/aromatic N) is 1. The molecule has 0 atom stereocenters. The minimum atomic E-state index is -0.0699. The number of benzene rings is 3. The fourth-order valence-corrected chi connectivity index (χ4v) is 3.98. The van der Waals surface area contributed by atoms with Crippen molar-refractivity contribution < 1.29 is 19.7 Å². The van der Waals surface area contributed by atoms with E-state index in [0.29, 0.717) is 24.2 Å². The van der Waals surface area contributed by atoms with Crippen molar-refractivity contribution in [3.8, 4) is 17.2 Å². The van der Waals surface area contributed by atoms with E-state index in [1.165, 1.54) is 0 Å². The molecule has 5 nitrogen and oxygen atoms in total. The molecule has 1 aliphatic carbocycles. The standard InChI is InChI=1S/C27H27NO4/c1-28(2)15-16-32-23-11-5-19(6-12-23)27(31)26-24(18-3-8-21(29)9-4-18)13-7-20-17-22(30)10-14-25(20)26/h3-6,8-12,14,17,29-30H,7,13,15-16H2,1-2H3. The van der Waals surface area contributed by atoms with Crippen LogP contribution in [0.25, 0.3) is 11.1 Å². The molecule has 164 valence electrons. The average Bonchev–Trinajstić information content (AvgIpc) is 2.78. The van der Waals surface area contributed by atoms with Crippen LogP contribution in [0.4, 0.5) is 0 Å². The number of allylic oxidation sites excluding steroid dienone is 2. The third-order valence-electron chi connectivity index (χ3n) is 5.67. The number of phenolic OH excluding ortho intramolecular Hbond substituents is 2. The fourth-order valence-electron chi connectivity index (χ4n) is 3.98. The quantitative estimate of drug-likeness (QED) is 0.529. The zero-order valence-corrected chi connectivity index (χ0v) is 18.3. The van der Waals surface area contributed by atoms with Crippen LogP contribution in [0.15, 0.2) is 66.7 Å². The van der Waals surface area contributed by atoms with E-state index in [4.69, 9.17) is 4.74 Å². The van der Waals surface area contributed by atoms with Crippen LogP contribution in [0.1, 0.15) is 33.5 Å². The van der Waals surface area contributed by atoms with Gasteiger partial charge in [0.1, 0.15) is 23.9 Å². The molecular weight excluding hydrogens is 402 g/mol. The summed E-state index contributed by atoms with van der Waals surface area (Å²) in [4.78, 5) is 15.7. The third-order valence-corrected chi connectivity index (χ3v) is 5.67. The van der Waals surface area contributed by atoms with Gasteiger partial charge in [-0.3, -0.25) is 4.79 Å². The first-order valence-corrected chi connectivity index (χ1v) is 10.7. The Kier molecular flexibility index (Phi) is 6.28. The first kappa shape index (κ1) is 21.7. The second kappa shape index (κ2) is 9.28. The van der Waals surface area contributed by atoms with Gasteiger partial charge in [0.25, 0.3) is 0 Å². The van der Waals surface area contributed by atoms with E-state index < -0.39 is 0 Å². The monoisotopic (exact) mass is 429 g/mol. The SMILES string of the molecule is CN(C)CCOc1ccc(C(=O)C2=C(c3ccc(O)cc3)CCc3cc(O)ccc32)cc1. The summed E-state index contributed by atoms with van der Waals surface area (Å²) in [6.45, 7) is 1.39. The third kappa shape index (κ3) is 4.68. The normalized spacial score (nSPS) is 13.2. The largest absolute Gasteiger partial charge is 0.508 e. The maximum absolute atomic E-state index is 13.7. The van der Waals surface area contributed by atoms with Crippen molar-refractivity contribution in [3.63, 3.8) is 0 Å². The Morgan fingerprint density at radius 2 is 1.59 bits per heavy atom. The molecule has 0 amide bonds. The predicted octanol–water partition coefficient (Wildman–Crippen LogP) is 4.78. The molecule has 3 aromatic carbocycles. The van der Waals surface area contributed by atoms with Gasteiger partial charge in [-0.1, -0.05) is 18.2 Å². The van der Waals surface area contributed by atoms with Gasteiger partial charge in [0.05, 0.1) is 0 Å². The Balaban J connectivity index is 1.71. The smallest absolute Gasteiger partial charge is 0.193 e. The second-order valence-electron chi connectivity index (χ2n) is 8.25. The highest BCUT2D eigenvalue weighted by atomic mass is 16.5. The highest BCUT2D eigenvalue weighted by Gasteiger charge is 2.26. The first-order valence-electron chi connectivity index (χ1n) is 10.7. The van der Waals surface area contributed by atoms with Crippen molar-refractivity contribution in [1.29, 1.82) is 0 Å². The number of aromatic hydroxyl groups is 2. The fraction of sp³-hybridized carbons (Fsp3) is 0.222. The van der Waals surface area contributed by atoms with Crippen molar-refractivity contribution in [3.05, 3.63) is 89.0 Å². The molecule has 1 aliphatic rings. The number of Topliss-reactive ketones (excluding diaryl/α,β-unsaturated/α-hetero) is 1. The van der Waals surface area contributed by atoms with Crippen LogP contribution in [-0.4, -0.2) is 48.1 Å². The molecule has 3 aromatic rings. The van der Waals surface area contributed by atoms with Crippen LogP contribution in [0.3, 0.4) is 0 Å². The molecular formula is C27H27NO4. The summed E-state index contributed by atoms with van der Waals surface area (Å²) in [5, 5.41) is 19.6. The van der Waals surface area contributed by atoms with Crippen LogP contribution >= 0.6 is 0 Å². The number of hydrogen-bond acceptors (Lipinski definition) is 5. The number of aryl methyl sites for hydroxylation is 1. The summed E-state index contributed by atoms with van der Waals surface area (Å²) >= 11 is 0. The summed E-state index contributed by atoms with van der Waals surface area (Å²) in [5.41, 5.74) is 4.87. The predicted molar refractivity (Wildman–Crippen MR) is 126 cm³/mol. The second-order valence-corrected chi connectivity index (χ2v) is 8.25. The highest BCUT2D eigenvalue weighted by Crippen LogP contribution is 2.40. The van der Waals surface area contributed by atoms with Crippen LogP contribution in [0.2, 0.25) is 0 Å². The molecule has 0 spiro atoms. The number of carbonyl (C=O) groups excluding carboxylic acids is 1. The van der Waals surface area contributed by atoms with Crippen LogP contribution in [-0.2, 0) is 6.42 Å². The maximum atomic E-state index is 13.7. The van der Waals surface area contributed by atoms with Crippen LogP contribution < -0.4 is 4.74 Å². The zero-order valence-electron chi connectivity index (χ0n) is 18.3. The Hall–Kier alpha value is -3.57. The molecule has 0 bridgehead atoms. The van der Waals surface area contributed by atoms with E-state index in [0.717, 1.165) is 41.0 Å². The van der Waals surface area contributed by atoms with Gasteiger partial charge in [0, 0.05) is 17.7 Å². The Morgan fingerprint density at radius 1 is 0.906 bits per heavy atom. The van der Waals surface area contributed by atoms with E-state index in [-0.39, 0.29) is 17.3 Å². The summed E-state index contributed by atoms with van der Waals surface area (Å²) in [7, 11) is 3.98. The van der Waals surface area contributed by atoms with Crippen molar-refractivity contribution >= 4 is 16.9 Å². The summed E-state index contributed by atoms with van der Waals surface area (Å²) in [5.74, 6) is 1.04. The number of hydrogen-bond donors (Lipinski definition) is 2. The van der Waals surface area contributed by atoms with Crippen LogP contribution in [0, 0.1) is 0 Å². The van der Waals surface area contributed by atoms with Crippen molar-refractivity contribution in [1.82, 2.24) is 4.90 Å². The maximum Gasteiger partial charge on any atom is 0.193 e. The molecule has 0 heterocycles. The van der Waals surface area contributed by atoms with Gasteiger partial charge < -0.3 is 19.8 Å². The zero-order chi connectivity index (χ0) is 22.7. The van der Waals surface area contributed by atoms with Crippen molar-refractivity contribution in [2.45, 2.75) is 12.8 Å². The van der Waals surface area contributed by atoms with Crippen LogP contribution in [0.5, 0.6) is 17.2 Å². The summed E-state index contributed by atoms with van der Waals surface area (Å²) < 4.78 is 5.75. The van der Waals surface area contributed by atoms with Gasteiger partial charge in [-0.05, 0) is 97.7 Å². The number of likely N-dealkylation sites (N-methyl/N-ethyl adjacent to an activating group) is 1. The molecule has 2 N–H and O–H groups in total. The Morgan fingerprint density at radius 3 is 2.28 bits per heavy atom. The number of phenols is 2. The lowest BCUT2D eigenvalue weighted by Gasteiger charge is -2.23. The Labute approximate surface area is 188 Å². The number of rotatable bonds is 7. The first-order chi connectivity index (χ1) is 15.4. The molecule has 32 heavy (non-hydrogen) atoms. The van der Waals surface area contributed by atoms with E-state index in [2.05, 4.69) is 0 Å². The average molecular weight is 430 g/mol. The molecule has 0 aliphatic heterocycles. The lowest BCUT2D eigenvalue weighted by molar-refractivity contribution is 0.105. The number of ketones is 1. The van der Waals surface area contributed by atoms with E-state index in [1.807, 2.05) is 49.3 Å². The molecule has 0 fully saturated rings. The molecule has 0 aromatic heterocycles. The van der Waals surface area contributed by atoms with Gasteiger partial charge in [-0.15, -0.1) is 0 Å². The number of fused-ring (bicyclic) bond motifs is 1. The Bertz CT molecular complexity index is 1150. The van der Waals surface area contributed by atoms with E-state index >= 15 is 0 Å². The van der Waals surface area contributed by atoms with E-state index in [9.17, 15) is 15.0 Å². The van der Waals surface area contributed by atoms with Crippen molar-refractivity contribution in [2.24, 2.45) is 0 Å². The molecule has 5 heteroatoms. The molecule has 4 rings (SSSR count). The van der Waals surface area contributed by atoms with Gasteiger partial charge >= 0.3 is 0 Å². The molecule has 0 radical (unpaired) electrons. The topological polar surface area (TPSA) is 70.0 Å². The van der Waals surface area contributed by atoms with Crippen molar-refractivity contribution in [2.75, 3.05) is 27.2 Å². The lowest BCUT2D eigenvalue weighted by atomic mass is 9.79. The summed E-state index contributed by atoms with van der Waals surface area (Å²) in [6, 6.07) is 19.4. The summed E-state index contributed by atoms with van der Waals surface area (Å²) in [6.07, 6.45) is 1.41. The minimum Gasteiger partial charge on any atom is -0.508 e. The molecule has 0 unspecified atom stereocenters. The lowest BCUT2D eigenvalue weighted by Crippen LogP contribution is -2.19. The molecule has 0 saturated heterocycles. The van der Waals surface area contributed by atoms with Gasteiger partial charge in [0.15, 0.2) is 5.78 Å². The van der Waals surface area contributed by atoms with Gasteiger partial charge in [-0.25, -0.2) is 0 Å². The van der Waals surface area contributed by atoms with Gasteiger partial charge in [0.2, 0.25) is 0 Å². The number of ether oxygens (including phenoxy) is 1. The molecule has 0 saturated carbocycles.